The Hall–Kier alpha value is -1.04. The molecule has 0 saturated carbocycles. The third kappa shape index (κ3) is 6.15. The summed E-state index contributed by atoms with van der Waals surface area (Å²) in [7, 11) is 0. The minimum absolute atomic E-state index is 0.0233. The summed E-state index contributed by atoms with van der Waals surface area (Å²) in [5.74, 6) is -0.747. The lowest BCUT2D eigenvalue weighted by Gasteiger charge is -2.12. The summed E-state index contributed by atoms with van der Waals surface area (Å²) in [6.07, 6.45) is 2.84. The predicted molar refractivity (Wildman–Crippen MR) is 50.0 cm³/mol. The Bertz CT molecular complexity index is 196. The van der Waals surface area contributed by atoms with Gasteiger partial charge in [0.05, 0.1) is 18.4 Å². The van der Waals surface area contributed by atoms with Crippen molar-refractivity contribution in [3.05, 3.63) is 0 Å². The van der Waals surface area contributed by atoms with Gasteiger partial charge in [-0.15, -0.1) is 0 Å². The van der Waals surface area contributed by atoms with Crippen molar-refractivity contribution in [2.75, 3.05) is 0 Å². The minimum atomic E-state index is -0.879. The van der Waals surface area contributed by atoms with Gasteiger partial charge in [0.25, 0.3) is 0 Å². The van der Waals surface area contributed by atoms with Gasteiger partial charge in [-0.05, 0) is 12.3 Å². The number of hydrogen-bond acceptors (Lipinski definition) is 2. The van der Waals surface area contributed by atoms with Crippen LogP contribution in [0.3, 0.4) is 0 Å². The van der Waals surface area contributed by atoms with Crippen LogP contribution in [0.4, 0.5) is 0 Å². The largest absolute Gasteiger partial charge is 0.481 e. The molecule has 0 aliphatic heterocycles. The van der Waals surface area contributed by atoms with E-state index in [4.69, 9.17) is 10.4 Å². The SMILES string of the molecule is CCCC(C)C[C@H](C#N)CC(=O)O. The van der Waals surface area contributed by atoms with Crippen LogP contribution >= 0.6 is 0 Å². The summed E-state index contributed by atoms with van der Waals surface area (Å²) in [6, 6.07) is 2.04. The highest BCUT2D eigenvalue weighted by Gasteiger charge is 2.15. The van der Waals surface area contributed by atoms with E-state index in [-0.39, 0.29) is 12.3 Å². The van der Waals surface area contributed by atoms with E-state index in [1.165, 1.54) is 0 Å². The van der Waals surface area contributed by atoms with Crippen molar-refractivity contribution >= 4 is 5.97 Å². The Morgan fingerprint density at radius 1 is 1.62 bits per heavy atom. The van der Waals surface area contributed by atoms with Gasteiger partial charge in [-0.3, -0.25) is 4.79 Å². The lowest BCUT2D eigenvalue weighted by atomic mass is 9.91. The normalized spacial score (nSPS) is 14.5. The molecule has 74 valence electrons. The Labute approximate surface area is 79.4 Å². The van der Waals surface area contributed by atoms with E-state index in [1.807, 2.05) is 6.07 Å². The van der Waals surface area contributed by atoms with Crippen molar-refractivity contribution in [3.8, 4) is 6.07 Å². The number of rotatable bonds is 6. The fourth-order valence-electron chi connectivity index (χ4n) is 1.49. The first kappa shape index (κ1) is 12.0. The Morgan fingerprint density at radius 2 is 2.23 bits per heavy atom. The van der Waals surface area contributed by atoms with Crippen LogP contribution in [0.15, 0.2) is 0 Å². The first-order chi connectivity index (χ1) is 6.10. The second-order valence-electron chi connectivity index (χ2n) is 3.55. The summed E-state index contributed by atoms with van der Waals surface area (Å²) in [5, 5.41) is 17.2. The standard InChI is InChI=1S/C10H17NO2/c1-3-4-8(2)5-9(7-11)6-10(12)13/h8-9H,3-6H2,1-2H3,(H,12,13)/t8?,9-/m0/s1. The Balaban J connectivity index is 3.84. The van der Waals surface area contributed by atoms with Gasteiger partial charge in [0.1, 0.15) is 0 Å². The van der Waals surface area contributed by atoms with Crippen molar-refractivity contribution < 1.29 is 9.90 Å². The van der Waals surface area contributed by atoms with E-state index in [1.54, 1.807) is 0 Å². The molecule has 2 atom stereocenters. The van der Waals surface area contributed by atoms with E-state index in [0.717, 1.165) is 12.8 Å². The smallest absolute Gasteiger partial charge is 0.304 e. The molecule has 0 spiro atoms. The molecule has 0 amide bonds. The van der Waals surface area contributed by atoms with Gasteiger partial charge in [0.2, 0.25) is 0 Å². The fourth-order valence-corrected chi connectivity index (χ4v) is 1.49. The van der Waals surface area contributed by atoms with Gasteiger partial charge in [-0.25, -0.2) is 0 Å². The zero-order valence-corrected chi connectivity index (χ0v) is 8.29. The van der Waals surface area contributed by atoms with Gasteiger partial charge in [0, 0.05) is 0 Å². The van der Waals surface area contributed by atoms with Crippen LogP contribution in [0.25, 0.3) is 0 Å². The molecule has 0 aliphatic carbocycles. The third-order valence-corrected chi connectivity index (χ3v) is 2.07. The molecule has 0 bridgehead atoms. The molecular weight excluding hydrogens is 166 g/mol. The average Bonchev–Trinajstić information content (AvgIpc) is 2.02. The molecule has 0 saturated heterocycles. The summed E-state index contributed by atoms with van der Waals surface area (Å²) < 4.78 is 0. The molecule has 1 unspecified atom stereocenters. The van der Waals surface area contributed by atoms with Crippen molar-refractivity contribution in [3.63, 3.8) is 0 Å². The lowest BCUT2D eigenvalue weighted by molar-refractivity contribution is -0.137. The topological polar surface area (TPSA) is 61.1 Å². The number of carbonyl (C=O) groups is 1. The van der Waals surface area contributed by atoms with Crippen molar-refractivity contribution in [2.45, 2.75) is 39.5 Å². The molecule has 0 rings (SSSR count). The lowest BCUT2D eigenvalue weighted by Crippen LogP contribution is -2.09. The Kier molecular flexibility index (Phi) is 5.96. The highest BCUT2D eigenvalue weighted by atomic mass is 16.4. The van der Waals surface area contributed by atoms with Gasteiger partial charge < -0.3 is 5.11 Å². The maximum atomic E-state index is 10.4. The number of nitriles is 1. The highest BCUT2D eigenvalue weighted by Crippen LogP contribution is 2.18. The van der Waals surface area contributed by atoms with Gasteiger partial charge in [-0.1, -0.05) is 26.7 Å². The zero-order chi connectivity index (χ0) is 10.3. The molecule has 3 heteroatoms. The molecule has 0 aromatic carbocycles. The molecule has 0 heterocycles. The second-order valence-corrected chi connectivity index (χ2v) is 3.55. The maximum Gasteiger partial charge on any atom is 0.304 e. The van der Waals surface area contributed by atoms with E-state index in [2.05, 4.69) is 13.8 Å². The molecule has 0 aromatic heterocycles. The monoisotopic (exact) mass is 183 g/mol. The first-order valence-corrected chi connectivity index (χ1v) is 4.71. The molecule has 3 nitrogen and oxygen atoms in total. The molecule has 1 N–H and O–H groups in total. The van der Waals surface area contributed by atoms with Crippen LogP contribution in [0.1, 0.15) is 39.5 Å². The van der Waals surface area contributed by atoms with Gasteiger partial charge >= 0.3 is 5.97 Å². The Morgan fingerprint density at radius 3 is 2.62 bits per heavy atom. The molecule has 0 fully saturated rings. The third-order valence-electron chi connectivity index (χ3n) is 2.07. The fraction of sp³-hybridized carbons (Fsp3) is 0.800. The summed E-state index contributed by atoms with van der Waals surface area (Å²) >= 11 is 0. The minimum Gasteiger partial charge on any atom is -0.481 e. The maximum absolute atomic E-state index is 10.4. The number of aliphatic carboxylic acids is 1. The number of carboxylic acids is 1. The second kappa shape index (κ2) is 6.47. The van der Waals surface area contributed by atoms with Crippen LogP contribution in [-0.4, -0.2) is 11.1 Å². The first-order valence-electron chi connectivity index (χ1n) is 4.71. The van der Waals surface area contributed by atoms with E-state index < -0.39 is 5.97 Å². The number of carboxylic acid groups (broad SMARTS) is 1. The summed E-state index contributed by atoms with van der Waals surface area (Å²) in [5.41, 5.74) is 0. The zero-order valence-electron chi connectivity index (χ0n) is 8.29. The molecule has 13 heavy (non-hydrogen) atoms. The van der Waals surface area contributed by atoms with E-state index in [0.29, 0.717) is 12.3 Å². The number of hydrogen-bond donors (Lipinski definition) is 1. The van der Waals surface area contributed by atoms with Crippen LogP contribution in [-0.2, 0) is 4.79 Å². The quantitative estimate of drug-likeness (QED) is 0.687. The van der Waals surface area contributed by atoms with Crippen LogP contribution in [0, 0.1) is 23.2 Å². The number of nitrogens with zero attached hydrogens (tertiary/aromatic N) is 1. The van der Waals surface area contributed by atoms with Crippen LogP contribution in [0.5, 0.6) is 0 Å². The van der Waals surface area contributed by atoms with Crippen molar-refractivity contribution in [2.24, 2.45) is 11.8 Å². The predicted octanol–water partition coefficient (Wildman–Crippen LogP) is 2.43. The van der Waals surface area contributed by atoms with E-state index in [9.17, 15) is 4.79 Å². The molecule has 0 radical (unpaired) electrons. The van der Waals surface area contributed by atoms with Crippen molar-refractivity contribution in [1.82, 2.24) is 0 Å². The van der Waals surface area contributed by atoms with Gasteiger partial charge in [0.15, 0.2) is 0 Å². The van der Waals surface area contributed by atoms with Gasteiger partial charge in [-0.2, -0.15) is 5.26 Å². The molecular formula is C10H17NO2. The highest BCUT2D eigenvalue weighted by molar-refractivity contribution is 5.67. The molecule has 0 aliphatic rings. The molecule has 0 aromatic rings. The van der Waals surface area contributed by atoms with Crippen molar-refractivity contribution in [1.29, 1.82) is 5.26 Å². The van der Waals surface area contributed by atoms with Crippen LogP contribution < -0.4 is 0 Å². The van der Waals surface area contributed by atoms with Crippen LogP contribution in [0.2, 0.25) is 0 Å². The average molecular weight is 183 g/mol. The van der Waals surface area contributed by atoms with E-state index >= 15 is 0 Å². The summed E-state index contributed by atoms with van der Waals surface area (Å²) in [6.45, 7) is 4.16. The summed E-state index contributed by atoms with van der Waals surface area (Å²) in [4.78, 5) is 10.4.